The molecule has 42 nitrogen and oxygen atoms in total. The maximum atomic E-state index is 13.4. The Morgan fingerprint density at radius 1 is 0.413 bits per heavy atom. The van der Waals surface area contributed by atoms with E-state index in [0.29, 0.717) is 89.0 Å². The van der Waals surface area contributed by atoms with Gasteiger partial charge in [-0.1, -0.05) is 100 Å². The van der Waals surface area contributed by atoms with E-state index >= 15 is 0 Å². The van der Waals surface area contributed by atoms with Crippen LogP contribution >= 0.6 is 0 Å². The number of nitrogens with zero attached hydrogens (tertiary/aromatic N) is 12. The van der Waals surface area contributed by atoms with Gasteiger partial charge in [-0.3, -0.25) is 48.5 Å². The van der Waals surface area contributed by atoms with Gasteiger partial charge in [0.05, 0.1) is 151 Å². The van der Waals surface area contributed by atoms with Gasteiger partial charge in [-0.15, -0.1) is 20.2 Å². The minimum atomic E-state index is -2.39. The quantitative estimate of drug-likeness (QED) is 0.0313. The summed E-state index contributed by atoms with van der Waals surface area (Å²) in [5.41, 5.74) is 3.63. The van der Waals surface area contributed by atoms with Crippen LogP contribution in [-0.4, -0.2) is 123 Å². The van der Waals surface area contributed by atoms with Gasteiger partial charge in [0, 0.05) is 54.9 Å². The Hall–Kier alpha value is -15.1. The van der Waals surface area contributed by atoms with Crippen molar-refractivity contribution in [1.82, 2.24) is 38.2 Å². The number of hydrogen-bond donors (Lipinski definition) is 9. The predicted octanol–water partition coefficient (Wildman–Crippen LogP) is 5.55. The number of carbonyl (C=O) groups excluding carboxylic acids is 4. The number of fused-ring (bicyclic) bond motifs is 20. The van der Waals surface area contributed by atoms with Crippen LogP contribution in [0.25, 0.3) is 89.2 Å². The number of para-hydroxylation sites is 4. The number of aliphatic hydroxyl groups excluding tert-OH is 3. The summed E-state index contributed by atoms with van der Waals surface area (Å²) in [5.74, 6) is -3.67. The fourth-order valence-corrected chi connectivity index (χ4v) is 18.1. The molecule has 16 heterocycles. The van der Waals surface area contributed by atoms with Gasteiger partial charge in [-0.25, -0.2) is 39.1 Å². The summed E-state index contributed by atoms with van der Waals surface area (Å²) in [7, 11) is 0. The molecule has 8 aromatic heterocycles. The Kier molecular flexibility index (Phi) is 21.0. The third-order valence-corrected chi connectivity index (χ3v) is 24.3. The molecule has 8 aliphatic rings. The number of nitrogen functional groups attached to an aromatic ring is 1. The first-order chi connectivity index (χ1) is 60.2. The molecule has 0 saturated heterocycles. The number of carbonyl (C=O) groups is 4. The maximum absolute atomic E-state index is 13.4. The van der Waals surface area contributed by atoms with E-state index in [2.05, 4.69) is 14.8 Å². The highest BCUT2D eigenvalue weighted by molar-refractivity contribution is 5.97. The van der Waals surface area contributed by atoms with Crippen molar-refractivity contribution in [2.24, 2.45) is 0 Å². The van der Waals surface area contributed by atoms with Crippen molar-refractivity contribution >= 4 is 84.6 Å². The number of aromatic nitrogens is 8. The van der Waals surface area contributed by atoms with Crippen LogP contribution in [0.2, 0.25) is 0 Å². The van der Waals surface area contributed by atoms with E-state index in [0.717, 1.165) is 26.5 Å². The first-order valence-corrected chi connectivity index (χ1v) is 39.0. The maximum Gasteiger partial charge on any atom is 0.343 e. The van der Waals surface area contributed by atoms with Gasteiger partial charge in [0.1, 0.15) is 44.4 Å². The minimum absolute atomic E-state index is 0.0197. The summed E-state index contributed by atoms with van der Waals surface area (Å²) in [4.78, 5) is 168. The van der Waals surface area contributed by atoms with E-state index in [1.807, 2.05) is 48.5 Å². The molecule has 4 atom stereocenters. The Labute approximate surface area is 703 Å². The first kappa shape index (κ1) is 84.5. The first-order valence-electron chi connectivity index (χ1n) is 39.0. The summed E-state index contributed by atoms with van der Waals surface area (Å²) < 4.78 is 25.5. The fourth-order valence-electron chi connectivity index (χ4n) is 18.1. The minimum Gasteiger partial charge on any atom is -0.458 e. The smallest absolute Gasteiger partial charge is 0.343 e. The van der Waals surface area contributed by atoms with Crippen LogP contribution in [0.1, 0.15) is 142 Å². The number of rotatable bonds is 12. The van der Waals surface area contributed by atoms with Crippen molar-refractivity contribution in [2.75, 3.05) is 5.73 Å². The number of pyridine rings is 8. The zero-order valence-corrected chi connectivity index (χ0v) is 66.7. The van der Waals surface area contributed by atoms with Gasteiger partial charge in [0.15, 0.2) is 22.4 Å². The van der Waals surface area contributed by atoms with Crippen molar-refractivity contribution in [3.05, 3.63) is 274 Å². The summed E-state index contributed by atoms with van der Waals surface area (Å²) in [5, 5.41) is 125. The predicted molar refractivity (Wildman–Crippen MR) is 434 cm³/mol. The van der Waals surface area contributed by atoms with Crippen LogP contribution < -0.4 is 28.0 Å². The molecule has 8 aliphatic heterocycles. The molecular weight excluding hydrogens is 1650 g/mol. The fraction of sp³-hybridized carbons (Fsp3) is 0.286. The molecule has 0 amide bonds. The summed E-state index contributed by atoms with van der Waals surface area (Å²) in [6.45, 7) is 3.94. The zero-order valence-electron chi connectivity index (χ0n) is 66.7. The molecule has 0 aliphatic carbocycles. The molecule has 0 fully saturated rings. The molecule has 646 valence electrons. The van der Waals surface area contributed by atoms with Crippen LogP contribution in [0.5, 0.6) is 0 Å². The van der Waals surface area contributed by atoms with E-state index in [-0.39, 0.29) is 163 Å². The molecule has 0 saturated carbocycles. The number of ether oxygens (including phenoxy) is 4. The summed E-state index contributed by atoms with van der Waals surface area (Å²) >= 11 is 0. The standard InChI is InChI=1S/C21H16N4O9.C21H17N3O7.C21H19N3O5.C21H18N2O5.HNO3/c1-2-21(28)15-13(8-33-20(21)27)19(26)23-7-11-12(9-34-25(31)32)10-5-3-4-6-14(10)22-16(11)18(23)17(15)24(29)30;1-2-21(28)15-13(9-31-20(21)27)19(26)23-7-11-12(8-25)10-5-3-4-6-14(10)22-16(11)18(23)17(15)24(29)30;1-2-21(28)15-13(9-29-20(21)27)19(26)24-7-11-12(8-25)10-5-3-4-6-14(10)23-17(11)18(24)16(15)22;1-2-21(27)15-7-17-18-12(8-23(17)19(25)14(15)10-28-20(21)26)13(9-24)11-5-3-4-6-16(11)22-18;2-1(3)4/h3-6,28H,2,7-9H2,1H3;3-6,25,28H,2,7-9H2,1H3;3-6,25,28H,2,7-9,22H2,1H3;3-7,24,27H,2,8-10H2,1H3;(H,2,3,4). The van der Waals surface area contributed by atoms with E-state index in [1.165, 1.54) is 23.0 Å². The highest BCUT2D eigenvalue weighted by atomic mass is 16.9. The molecular formula is C84H71N13O29. The normalized spacial score (nSPS) is 18.7. The van der Waals surface area contributed by atoms with Gasteiger partial charge in [-0.05, 0) is 78.3 Å². The lowest BCUT2D eigenvalue weighted by atomic mass is 9.84. The average Bonchev–Trinajstić information content (AvgIpc) is 1.51. The zero-order chi connectivity index (χ0) is 90.1. The van der Waals surface area contributed by atoms with Gasteiger partial charge in [0.2, 0.25) is 0 Å². The molecule has 12 aromatic rings. The van der Waals surface area contributed by atoms with Crippen LogP contribution in [0.3, 0.4) is 0 Å². The molecule has 20 rings (SSSR count). The van der Waals surface area contributed by atoms with Gasteiger partial charge in [-0.2, -0.15) is 0 Å². The molecule has 0 spiro atoms. The van der Waals surface area contributed by atoms with Crippen molar-refractivity contribution in [1.29, 1.82) is 0 Å². The summed E-state index contributed by atoms with van der Waals surface area (Å²) in [6.07, 6.45) is -0.349. The van der Waals surface area contributed by atoms with Gasteiger partial charge >= 0.3 is 35.3 Å². The lowest BCUT2D eigenvalue weighted by molar-refractivity contribution is -0.762. The summed E-state index contributed by atoms with van der Waals surface area (Å²) in [6, 6.07) is 30.3. The highest BCUT2D eigenvalue weighted by Crippen LogP contribution is 2.52. The van der Waals surface area contributed by atoms with Crippen LogP contribution in [0.15, 0.2) is 122 Å². The Morgan fingerprint density at radius 3 is 1.07 bits per heavy atom. The number of esters is 4. The second-order valence-electron chi connectivity index (χ2n) is 30.3. The Morgan fingerprint density at radius 2 is 0.706 bits per heavy atom. The van der Waals surface area contributed by atoms with Crippen molar-refractivity contribution in [2.45, 2.75) is 155 Å². The lowest BCUT2D eigenvalue weighted by Crippen LogP contribution is -2.45. The molecule has 0 radical (unpaired) electrons. The Balaban J connectivity index is 0.000000122. The third-order valence-electron chi connectivity index (χ3n) is 24.3. The number of hydrogen-bond acceptors (Lipinski definition) is 33. The molecule has 0 bridgehead atoms. The SMILES string of the molecule is CCC1(O)C(=O)OCc2c1c(N)c1n(c2=O)Cc2c-1nc1ccccc1c2CO.CCC1(O)C(=O)OCc2c1c([N+](=O)[O-])c1n(c2=O)Cc2c-1nc1ccccc1c2CO.CCC1(O)C(=O)OCc2c1c([N+](=O)[O-])c1n(c2=O)Cc2c-1nc1ccccc1c2CO[N+](=O)[O-].CCC1(O)C(=O)OCc2c1cc1n(c2=O)Cc2c-1nc1ccccc1c2CO.O=[N+]([O-])O. The molecule has 10 N–H and O–H groups in total. The molecule has 4 unspecified atom stereocenters. The second-order valence-corrected chi connectivity index (χ2v) is 30.3. The molecule has 4 aromatic carbocycles. The van der Waals surface area contributed by atoms with E-state index in [1.54, 1.807) is 73.0 Å². The number of cyclic esters (lactones) is 4. The van der Waals surface area contributed by atoms with E-state index in [9.17, 15) is 104 Å². The van der Waals surface area contributed by atoms with Crippen molar-refractivity contribution in [3.63, 3.8) is 0 Å². The number of anilines is 1. The average molecular weight is 1730 g/mol. The van der Waals surface area contributed by atoms with Gasteiger partial charge < -0.3 is 79.6 Å². The number of nitrogens with two attached hydrogens (primary N) is 1. The second kappa shape index (κ2) is 31.4. The topological polar surface area (TPSA) is 614 Å². The molecule has 42 heteroatoms. The van der Waals surface area contributed by atoms with Crippen LogP contribution in [-0.2, 0) is 144 Å². The lowest BCUT2D eigenvalue weighted by Gasteiger charge is -2.33. The highest BCUT2D eigenvalue weighted by Gasteiger charge is 2.55. The Bertz CT molecular complexity index is 7160. The largest absolute Gasteiger partial charge is 0.458 e. The number of benzene rings is 4. The third kappa shape index (κ3) is 12.7. The van der Waals surface area contributed by atoms with Crippen molar-refractivity contribution < 1.29 is 104 Å². The number of aliphatic hydroxyl groups is 7. The van der Waals surface area contributed by atoms with Crippen LogP contribution in [0, 0.1) is 40.5 Å². The van der Waals surface area contributed by atoms with Crippen LogP contribution in [0.4, 0.5) is 17.1 Å². The number of nitro groups is 2. The van der Waals surface area contributed by atoms with Gasteiger partial charge in [0.25, 0.3) is 32.4 Å². The molecule has 126 heavy (non-hydrogen) atoms. The van der Waals surface area contributed by atoms with E-state index < -0.39 is 114 Å². The van der Waals surface area contributed by atoms with Crippen molar-refractivity contribution in [3.8, 4) is 45.6 Å². The monoisotopic (exact) mass is 1730 g/mol. The van der Waals surface area contributed by atoms with E-state index in [4.69, 9.17) is 50.0 Å².